The van der Waals surface area contributed by atoms with E-state index >= 15 is 0 Å². The van der Waals surface area contributed by atoms with Crippen molar-refractivity contribution < 1.29 is 13.2 Å². The second kappa shape index (κ2) is 6.34. The number of piperidine rings is 3. The maximum absolute atomic E-state index is 13.8. The van der Waals surface area contributed by atoms with E-state index in [1.54, 1.807) is 12.5 Å². The van der Waals surface area contributed by atoms with E-state index in [0.29, 0.717) is 23.9 Å². The van der Waals surface area contributed by atoms with Gasteiger partial charge in [-0.05, 0) is 55.2 Å². The Morgan fingerprint density at radius 2 is 1.88 bits per heavy atom. The zero-order valence-corrected chi connectivity index (χ0v) is 14.7. The quantitative estimate of drug-likeness (QED) is 0.811. The Balaban J connectivity index is 1.41. The summed E-state index contributed by atoms with van der Waals surface area (Å²) in [5.74, 6) is 0.135. The first-order valence-electron chi connectivity index (χ1n) is 9.53. The summed E-state index contributed by atoms with van der Waals surface area (Å²) in [5, 5.41) is 0. The summed E-state index contributed by atoms with van der Waals surface area (Å²) < 4.78 is 33.0. The standard InChI is InChI=1S/C20H23F2N3O/c21-16-7-14(8-17(22)9-16)18-2-1-3-19-15-6-13(11-25(18)19)10-24(12-15)20-23-4-5-26-20/h4-5,7-9,13,15,18-19H,1-3,6,10-12H2/t13-,15+,18+,19-/m0/s1. The van der Waals surface area contributed by atoms with Crippen LogP contribution in [-0.2, 0) is 0 Å². The lowest BCUT2D eigenvalue weighted by molar-refractivity contribution is -0.0208. The molecule has 0 spiro atoms. The molecule has 4 nitrogen and oxygen atoms in total. The van der Waals surface area contributed by atoms with Crippen LogP contribution in [0.25, 0.3) is 0 Å². The smallest absolute Gasteiger partial charge is 0.297 e. The van der Waals surface area contributed by atoms with Crippen molar-refractivity contribution in [3.63, 3.8) is 0 Å². The van der Waals surface area contributed by atoms with Crippen LogP contribution in [-0.4, -0.2) is 35.6 Å². The van der Waals surface area contributed by atoms with Crippen molar-refractivity contribution in [2.24, 2.45) is 11.8 Å². The van der Waals surface area contributed by atoms with Gasteiger partial charge in [0.1, 0.15) is 17.9 Å². The molecule has 1 aromatic heterocycles. The first-order valence-corrected chi connectivity index (χ1v) is 9.53. The summed E-state index contributed by atoms with van der Waals surface area (Å²) in [6.07, 6.45) is 7.78. The molecule has 3 aliphatic heterocycles. The molecule has 0 amide bonds. The largest absolute Gasteiger partial charge is 0.432 e. The molecule has 26 heavy (non-hydrogen) atoms. The average molecular weight is 359 g/mol. The SMILES string of the molecule is Fc1cc(F)cc([C@H]2CCC[C@H]3[C@@H]4C[C@@H](CN(c5ncco5)C4)CN23)c1. The van der Waals surface area contributed by atoms with E-state index in [2.05, 4.69) is 14.8 Å². The third-order valence-electron chi connectivity index (χ3n) is 6.35. The Morgan fingerprint density at radius 1 is 1.04 bits per heavy atom. The fraction of sp³-hybridized carbons (Fsp3) is 0.550. The van der Waals surface area contributed by atoms with Crippen LogP contribution < -0.4 is 4.90 Å². The number of oxazole rings is 1. The van der Waals surface area contributed by atoms with E-state index in [9.17, 15) is 8.78 Å². The zero-order valence-electron chi connectivity index (χ0n) is 14.7. The van der Waals surface area contributed by atoms with Crippen molar-refractivity contribution in [3.8, 4) is 0 Å². The number of nitrogens with zero attached hydrogens (tertiary/aromatic N) is 3. The van der Waals surface area contributed by atoms with Gasteiger partial charge in [-0.25, -0.2) is 13.8 Å². The Kier molecular flexibility index (Phi) is 3.96. The van der Waals surface area contributed by atoms with E-state index in [1.165, 1.54) is 18.6 Å². The molecule has 3 fully saturated rings. The molecular formula is C20H23F2N3O. The molecule has 4 atom stereocenters. The van der Waals surface area contributed by atoms with Crippen LogP contribution in [0.2, 0.25) is 0 Å². The van der Waals surface area contributed by atoms with Crippen LogP contribution in [0, 0.1) is 23.5 Å². The van der Waals surface area contributed by atoms with Crippen molar-refractivity contribution in [1.29, 1.82) is 0 Å². The Labute approximate surface area is 151 Å². The van der Waals surface area contributed by atoms with Gasteiger partial charge in [0, 0.05) is 37.8 Å². The molecule has 2 bridgehead atoms. The molecular weight excluding hydrogens is 336 g/mol. The Hall–Kier alpha value is -1.95. The summed E-state index contributed by atoms with van der Waals surface area (Å²) in [6, 6.07) is 5.29. The second-order valence-corrected chi connectivity index (χ2v) is 8.00. The van der Waals surface area contributed by atoms with Gasteiger partial charge < -0.3 is 9.32 Å². The molecule has 4 heterocycles. The molecule has 0 N–H and O–H groups in total. The molecule has 0 radical (unpaired) electrons. The molecule has 3 aliphatic rings. The van der Waals surface area contributed by atoms with E-state index < -0.39 is 11.6 Å². The predicted octanol–water partition coefficient (Wildman–Crippen LogP) is 4.00. The molecule has 3 saturated heterocycles. The fourth-order valence-electron chi connectivity index (χ4n) is 5.46. The molecule has 6 heteroatoms. The van der Waals surface area contributed by atoms with Crippen LogP contribution in [0.5, 0.6) is 0 Å². The van der Waals surface area contributed by atoms with Gasteiger partial charge in [0.2, 0.25) is 0 Å². The summed E-state index contributed by atoms with van der Waals surface area (Å²) in [4.78, 5) is 9.11. The predicted molar refractivity (Wildman–Crippen MR) is 93.8 cm³/mol. The van der Waals surface area contributed by atoms with Gasteiger partial charge in [-0.1, -0.05) is 0 Å². The minimum absolute atomic E-state index is 0.123. The van der Waals surface area contributed by atoms with Crippen molar-refractivity contribution >= 4 is 6.01 Å². The maximum Gasteiger partial charge on any atom is 0.297 e. The Morgan fingerprint density at radius 3 is 2.65 bits per heavy atom. The summed E-state index contributed by atoms with van der Waals surface area (Å²) in [5.41, 5.74) is 0.789. The molecule has 0 saturated carbocycles. The summed E-state index contributed by atoms with van der Waals surface area (Å²) in [6.45, 7) is 2.86. The van der Waals surface area contributed by atoms with Gasteiger partial charge in [0.05, 0.1) is 6.20 Å². The highest BCUT2D eigenvalue weighted by atomic mass is 19.1. The third-order valence-corrected chi connectivity index (χ3v) is 6.35. The van der Waals surface area contributed by atoms with E-state index in [1.807, 2.05) is 0 Å². The van der Waals surface area contributed by atoms with Gasteiger partial charge in [0.15, 0.2) is 0 Å². The topological polar surface area (TPSA) is 32.5 Å². The number of halogens is 2. The van der Waals surface area contributed by atoms with E-state index in [4.69, 9.17) is 4.42 Å². The number of anilines is 1. The number of rotatable bonds is 2. The zero-order chi connectivity index (χ0) is 17.7. The van der Waals surface area contributed by atoms with Crippen molar-refractivity contribution in [2.75, 3.05) is 24.5 Å². The summed E-state index contributed by atoms with van der Waals surface area (Å²) in [7, 11) is 0. The van der Waals surface area contributed by atoms with Crippen LogP contribution in [0.1, 0.15) is 37.3 Å². The Bertz CT molecular complexity index is 761. The van der Waals surface area contributed by atoms with Gasteiger partial charge in [-0.2, -0.15) is 0 Å². The van der Waals surface area contributed by atoms with Crippen LogP contribution in [0.3, 0.4) is 0 Å². The number of aromatic nitrogens is 1. The fourth-order valence-corrected chi connectivity index (χ4v) is 5.46. The monoisotopic (exact) mass is 359 g/mol. The average Bonchev–Trinajstić information content (AvgIpc) is 3.15. The van der Waals surface area contributed by atoms with Crippen molar-refractivity contribution in [3.05, 3.63) is 47.9 Å². The highest BCUT2D eigenvalue weighted by Crippen LogP contribution is 2.45. The maximum atomic E-state index is 13.8. The molecule has 0 unspecified atom stereocenters. The molecule has 2 aromatic rings. The van der Waals surface area contributed by atoms with Gasteiger partial charge >= 0.3 is 0 Å². The molecule has 1 aromatic carbocycles. The number of benzene rings is 1. The lowest BCUT2D eigenvalue weighted by atomic mass is 9.74. The highest BCUT2D eigenvalue weighted by Gasteiger charge is 2.45. The number of hydrogen-bond acceptors (Lipinski definition) is 4. The van der Waals surface area contributed by atoms with Gasteiger partial charge in [-0.3, -0.25) is 4.90 Å². The van der Waals surface area contributed by atoms with Gasteiger partial charge in [-0.15, -0.1) is 0 Å². The van der Waals surface area contributed by atoms with E-state index in [-0.39, 0.29) is 6.04 Å². The third kappa shape index (κ3) is 2.80. The normalized spacial score (nSPS) is 31.7. The van der Waals surface area contributed by atoms with Crippen molar-refractivity contribution in [1.82, 2.24) is 9.88 Å². The molecule has 138 valence electrons. The number of fused-ring (bicyclic) bond motifs is 4. The van der Waals surface area contributed by atoms with E-state index in [0.717, 1.165) is 50.5 Å². The minimum atomic E-state index is -0.477. The molecule has 5 rings (SSSR count). The first kappa shape index (κ1) is 16.2. The van der Waals surface area contributed by atoms with Crippen molar-refractivity contribution in [2.45, 2.75) is 37.8 Å². The van der Waals surface area contributed by atoms with Crippen LogP contribution in [0.15, 0.2) is 35.1 Å². The lowest BCUT2D eigenvalue weighted by Crippen LogP contribution is -2.59. The second-order valence-electron chi connectivity index (χ2n) is 8.00. The minimum Gasteiger partial charge on any atom is -0.432 e. The first-order chi connectivity index (χ1) is 12.7. The highest BCUT2D eigenvalue weighted by molar-refractivity contribution is 5.28. The van der Waals surface area contributed by atoms with Gasteiger partial charge in [0.25, 0.3) is 6.01 Å². The lowest BCUT2D eigenvalue weighted by Gasteiger charge is -2.55. The van der Waals surface area contributed by atoms with Crippen LogP contribution >= 0.6 is 0 Å². The van der Waals surface area contributed by atoms with Crippen LogP contribution in [0.4, 0.5) is 14.8 Å². The number of hydrogen-bond donors (Lipinski definition) is 0. The summed E-state index contributed by atoms with van der Waals surface area (Å²) >= 11 is 0. The molecule has 0 aliphatic carbocycles.